The van der Waals surface area contributed by atoms with E-state index in [4.69, 9.17) is 5.73 Å². The molecule has 3 rings (SSSR count). The largest absolute Gasteiger partial charge is 0.321 e. The molecule has 1 saturated carbocycles. The molecule has 1 heterocycles. The maximum Gasteiger partial charge on any atom is 0.0812 e. The third-order valence-electron chi connectivity index (χ3n) is 2.69. The van der Waals surface area contributed by atoms with Gasteiger partial charge in [0.05, 0.1) is 15.7 Å². The van der Waals surface area contributed by atoms with Gasteiger partial charge in [-0.2, -0.15) is 0 Å². The Morgan fingerprint density at radius 2 is 2.23 bits per heavy atom. The van der Waals surface area contributed by atoms with Gasteiger partial charge in [0.1, 0.15) is 0 Å². The lowest BCUT2D eigenvalue weighted by atomic mass is 10.1. The Bertz CT molecular complexity index is 457. The number of nitrogens with two attached hydrogens (primary N) is 1. The Hall–Kier alpha value is -0.930. The van der Waals surface area contributed by atoms with Gasteiger partial charge in [0.15, 0.2) is 0 Å². The molecule has 0 saturated heterocycles. The fraction of sp³-hybridized carbons (Fsp3) is 0.300. The summed E-state index contributed by atoms with van der Waals surface area (Å²) in [7, 11) is 0. The zero-order valence-electron chi connectivity index (χ0n) is 7.16. The predicted molar refractivity (Wildman–Crippen MR) is 54.7 cm³/mol. The highest BCUT2D eigenvalue weighted by molar-refractivity contribution is 7.16. The normalized spacial score (nSPS) is 19.2. The zero-order valence-corrected chi connectivity index (χ0v) is 7.97. The molecule has 2 N–H and O–H groups in total. The summed E-state index contributed by atoms with van der Waals surface area (Å²) in [6.45, 7) is 0. The summed E-state index contributed by atoms with van der Waals surface area (Å²) >= 11 is 1.68. The number of rotatable bonds is 1. The van der Waals surface area contributed by atoms with Crippen LogP contribution in [0.2, 0.25) is 0 Å². The second kappa shape index (κ2) is 2.30. The highest BCUT2D eigenvalue weighted by Crippen LogP contribution is 2.43. The van der Waals surface area contributed by atoms with Gasteiger partial charge in [-0.25, -0.2) is 4.98 Å². The third kappa shape index (κ3) is 1.08. The molecule has 0 aliphatic heterocycles. The van der Waals surface area contributed by atoms with E-state index in [0.29, 0.717) is 0 Å². The van der Waals surface area contributed by atoms with Crippen LogP contribution >= 0.6 is 11.3 Å². The molecule has 1 aromatic heterocycles. The van der Waals surface area contributed by atoms with Crippen LogP contribution in [0.5, 0.6) is 0 Å². The number of hydrogen-bond acceptors (Lipinski definition) is 3. The van der Waals surface area contributed by atoms with Crippen molar-refractivity contribution in [3.63, 3.8) is 0 Å². The second-order valence-electron chi connectivity index (χ2n) is 3.69. The van der Waals surface area contributed by atoms with Crippen LogP contribution in [0.3, 0.4) is 0 Å². The number of aromatic nitrogens is 1. The highest BCUT2D eigenvalue weighted by Gasteiger charge is 2.39. The van der Waals surface area contributed by atoms with Crippen molar-refractivity contribution in [2.45, 2.75) is 18.4 Å². The summed E-state index contributed by atoms with van der Waals surface area (Å²) in [5.41, 5.74) is 10.3. The van der Waals surface area contributed by atoms with Crippen LogP contribution in [0.4, 0.5) is 0 Å². The van der Waals surface area contributed by atoms with Crippen molar-refractivity contribution in [2.24, 2.45) is 5.73 Å². The molecule has 2 aromatic rings. The number of nitrogens with zero attached hydrogens (tertiary/aromatic N) is 1. The van der Waals surface area contributed by atoms with Crippen LogP contribution in [0.25, 0.3) is 10.2 Å². The molecule has 0 atom stereocenters. The molecule has 1 fully saturated rings. The lowest BCUT2D eigenvalue weighted by Gasteiger charge is -2.07. The average molecular weight is 190 g/mol. The minimum atomic E-state index is -0.0157. The first kappa shape index (κ1) is 7.47. The van der Waals surface area contributed by atoms with Crippen LogP contribution in [0, 0.1) is 0 Å². The Morgan fingerprint density at radius 1 is 1.38 bits per heavy atom. The van der Waals surface area contributed by atoms with E-state index < -0.39 is 0 Å². The van der Waals surface area contributed by atoms with Gasteiger partial charge in [0.25, 0.3) is 0 Å². The number of thiazole rings is 1. The van der Waals surface area contributed by atoms with Crippen LogP contribution in [-0.4, -0.2) is 4.98 Å². The predicted octanol–water partition coefficient (Wildman–Crippen LogP) is 2.24. The van der Waals surface area contributed by atoms with Gasteiger partial charge in [-0.15, -0.1) is 11.3 Å². The molecule has 1 aliphatic rings. The number of hydrogen-bond donors (Lipinski definition) is 1. The Balaban J connectivity index is 2.20. The average Bonchev–Trinajstić information content (AvgIpc) is 2.74. The quantitative estimate of drug-likeness (QED) is 0.749. The standard InChI is InChI=1S/C10H10N2S/c11-10(3-4-10)7-1-2-8-9(5-7)13-6-12-8/h1-2,5-6H,3-4,11H2. The van der Waals surface area contributed by atoms with E-state index in [9.17, 15) is 0 Å². The molecular formula is C10H10N2S. The first-order valence-corrected chi connectivity index (χ1v) is 5.29. The molecule has 0 amide bonds. The van der Waals surface area contributed by atoms with E-state index in [1.165, 1.54) is 10.3 Å². The lowest BCUT2D eigenvalue weighted by molar-refractivity contribution is 0.742. The van der Waals surface area contributed by atoms with E-state index >= 15 is 0 Å². The minimum absolute atomic E-state index is 0.0157. The molecule has 3 heteroatoms. The minimum Gasteiger partial charge on any atom is -0.321 e. The lowest BCUT2D eigenvalue weighted by Crippen LogP contribution is -2.18. The van der Waals surface area contributed by atoms with Crippen molar-refractivity contribution in [3.05, 3.63) is 29.3 Å². The van der Waals surface area contributed by atoms with Gasteiger partial charge < -0.3 is 5.73 Å². The molecule has 1 aromatic carbocycles. The molecule has 0 spiro atoms. The molecule has 66 valence electrons. The highest BCUT2D eigenvalue weighted by atomic mass is 32.1. The van der Waals surface area contributed by atoms with Gasteiger partial charge in [0.2, 0.25) is 0 Å². The Morgan fingerprint density at radius 3 is 3.00 bits per heavy atom. The van der Waals surface area contributed by atoms with Crippen molar-refractivity contribution >= 4 is 21.6 Å². The van der Waals surface area contributed by atoms with Crippen molar-refractivity contribution < 1.29 is 0 Å². The summed E-state index contributed by atoms with van der Waals surface area (Å²) in [5.74, 6) is 0. The van der Waals surface area contributed by atoms with Gasteiger partial charge in [0, 0.05) is 5.54 Å². The summed E-state index contributed by atoms with van der Waals surface area (Å²) in [6.07, 6.45) is 2.24. The summed E-state index contributed by atoms with van der Waals surface area (Å²) in [5, 5.41) is 0. The van der Waals surface area contributed by atoms with Crippen molar-refractivity contribution in [1.29, 1.82) is 0 Å². The fourth-order valence-electron chi connectivity index (χ4n) is 1.59. The van der Waals surface area contributed by atoms with E-state index in [1.807, 2.05) is 5.51 Å². The van der Waals surface area contributed by atoms with Gasteiger partial charge in [-0.05, 0) is 30.5 Å². The third-order valence-corrected chi connectivity index (χ3v) is 3.49. The summed E-state index contributed by atoms with van der Waals surface area (Å²) < 4.78 is 1.24. The first-order chi connectivity index (χ1) is 6.28. The topological polar surface area (TPSA) is 38.9 Å². The molecule has 0 radical (unpaired) electrons. The van der Waals surface area contributed by atoms with E-state index in [1.54, 1.807) is 11.3 Å². The molecule has 2 nitrogen and oxygen atoms in total. The Kier molecular flexibility index (Phi) is 1.32. The zero-order chi connectivity index (χ0) is 8.89. The molecule has 13 heavy (non-hydrogen) atoms. The van der Waals surface area contributed by atoms with Crippen LogP contribution in [0.15, 0.2) is 23.7 Å². The van der Waals surface area contributed by atoms with Gasteiger partial charge >= 0.3 is 0 Å². The maximum atomic E-state index is 6.11. The molecule has 1 aliphatic carbocycles. The number of fused-ring (bicyclic) bond motifs is 1. The maximum absolute atomic E-state index is 6.11. The van der Waals surface area contributed by atoms with Gasteiger partial charge in [-0.1, -0.05) is 6.07 Å². The second-order valence-corrected chi connectivity index (χ2v) is 4.58. The molecule has 0 bridgehead atoms. The molecular weight excluding hydrogens is 180 g/mol. The van der Waals surface area contributed by atoms with E-state index in [-0.39, 0.29) is 5.54 Å². The number of benzene rings is 1. The smallest absolute Gasteiger partial charge is 0.0812 e. The van der Waals surface area contributed by atoms with Crippen molar-refractivity contribution in [1.82, 2.24) is 4.98 Å². The monoisotopic (exact) mass is 190 g/mol. The van der Waals surface area contributed by atoms with E-state index in [0.717, 1.165) is 18.4 Å². The molecule has 0 unspecified atom stereocenters. The summed E-state index contributed by atoms with van der Waals surface area (Å²) in [4.78, 5) is 4.24. The summed E-state index contributed by atoms with van der Waals surface area (Å²) in [6, 6.07) is 6.35. The SMILES string of the molecule is NC1(c2ccc3ncsc3c2)CC1. The Labute approximate surface area is 80.4 Å². The van der Waals surface area contributed by atoms with E-state index in [2.05, 4.69) is 23.2 Å². The van der Waals surface area contributed by atoms with Crippen molar-refractivity contribution in [2.75, 3.05) is 0 Å². The van der Waals surface area contributed by atoms with Crippen LogP contribution in [0.1, 0.15) is 18.4 Å². The first-order valence-electron chi connectivity index (χ1n) is 4.41. The fourth-order valence-corrected chi connectivity index (χ4v) is 2.30. The van der Waals surface area contributed by atoms with Crippen LogP contribution < -0.4 is 5.73 Å². The van der Waals surface area contributed by atoms with Crippen LogP contribution in [-0.2, 0) is 5.54 Å². The van der Waals surface area contributed by atoms with Gasteiger partial charge in [-0.3, -0.25) is 0 Å². The van der Waals surface area contributed by atoms with Crippen molar-refractivity contribution in [3.8, 4) is 0 Å².